The summed E-state index contributed by atoms with van der Waals surface area (Å²) in [6, 6.07) is 7.40. The van der Waals surface area contributed by atoms with Gasteiger partial charge in [0, 0.05) is 30.6 Å². The van der Waals surface area contributed by atoms with Gasteiger partial charge in [0.25, 0.3) is 11.8 Å². The second-order valence-electron chi connectivity index (χ2n) is 5.28. The maximum absolute atomic E-state index is 12.2. The Balaban J connectivity index is 1.83. The average Bonchev–Trinajstić information content (AvgIpc) is 3.01. The van der Waals surface area contributed by atoms with Crippen molar-refractivity contribution in [3.05, 3.63) is 46.7 Å². The predicted octanol–water partition coefficient (Wildman–Crippen LogP) is 1.51. The van der Waals surface area contributed by atoms with Crippen molar-refractivity contribution < 1.29 is 14.7 Å². The van der Waals surface area contributed by atoms with E-state index in [2.05, 4.69) is 26.3 Å². The number of β-amino-alcohol motifs (C(OH)–C–C–N with tert-alkyl or cyclic N) is 1. The normalized spacial score (nSPS) is 14.3. The van der Waals surface area contributed by atoms with Crippen LogP contribution in [0.3, 0.4) is 0 Å². The standard InChI is InChI=1S/C16H15BrN4O3/c1-20-9-12(17)15(19-20)10-3-2-4-11(7-10)18-13-8-14(23)21(5-6-22)16(13)24/h2-4,7-9,18,22H,5-6H2,1H3. The third-order valence-corrected chi connectivity index (χ3v) is 4.11. The van der Waals surface area contributed by atoms with Crippen LogP contribution in [0.1, 0.15) is 0 Å². The Hall–Kier alpha value is -2.45. The lowest BCUT2D eigenvalue weighted by Crippen LogP contribution is -2.34. The summed E-state index contributed by atoms with van der Waals surface area (Å²) in [5.74, 6) is -0.876. The zero-order chi connectivity index (χ0) is 17.3. The van der Waals surface area contributed by atoms with Gasteiger partial charge in [0.05, 0.1) is 17.6 Å². The number of halogens is 1. The molecule has 0 saturated heterocycles. The van der Waals surface area contributed by atoms with Crippen LogP contribution >= 0.6 is 15.9 Å². The zero-order valence-corrected chi connectivity index (χ0v) is 14.4. The number of nitrogens with zero attached hydrogens (tertiary/aromatic N) is 3. The van der Waals surface area contributed by atoms with E-state index in [-0.39, 0.29) is 18.8 Å². The lowest BCUT2D eigenvalue weighted by Gasteiger charge is -2.13. The van der Waals surface area contributed by atoms with E-state index in [0.29, 0.717) is 5.69 Å². The number of aromatic nitrogens is 2. The highest BCUT2D eigenvalue weighted by Crippen LogP contribution is 2.29. The number of aliphatic hydroxyl groups is 1. The van der Waals surface area contributed by atoms with E-state index < -0.39 is 11.8 Å². The van der Waals surface area contributed by atoms with E-state index in [1.807, 2.05) is 31.4 Å². The molecular formula is C16H15BrN4O3. The summed E-state index contributed by atoms with van der Waals surface area (Å²) in [5, 5.41) is 16.3. The van der Waals surface area contributed by atoms with Gasteiger partial charge in [-0.1, -0.05) is 12.1 Å². The van der Waals surface area contributed by atoms with E-state index in [1.165, 1.54) is 6.08 Å². The number of rotatable bonds is 5. The minimum absolute atomic E-state index is 0.0136. The number of nitrogens with one attached hydrogen (secondary N) is 1. The van der Waals surface area contributed by atoms with Crippen LogP contribution in [0.4, 0.5) is 5.69 Å². The van der Waals surface area contributed by atoms with Gasteiger partial charge >= 0.3 is 0 Å². The van der Waals surface area contributed by atoms with Crippen molar-refractivity contribution in [1.82, 2.24) is 14.7 Å². The van der Waals surface area contributed by atoms with Crippen molar-refractivity contribution in [2.45, 2.75) is 0 Å². The van der Waals surface area contributed by atoms with Gasteiger partial charge in [-0.25, -0.2) is 0 Å². The number of anilines is 1. The van der Waals surface area contributed by atoms with Gasteiger partial charge in [-0.2, -0.15) is 5.10 Å². The van der Waals surface area contributed by atoms with Crippen LogP contribution in [-0.4, -0.2) is 44.8 Å². The number of benzene rings is 1. The van der Waals surface area contributed by atoms with Crippen molar-refractivity contribution in [3.63, 3.8) is 0 Å². The van der Waals surface area contributed by atoms with Gasteiger partial charge in [0.2, 0.25) is 0 Å². The van der Waals surface area contributed by atoms with E-state index in [1.54, 1.807) is 10.7 Å². The number of carbonyl (C=O) groups is 2. The number of imide groups is 1. The van der Waals surface area contributed by atoms with E-state index in [4.69, 9.17) is 5.11 Å². The summed E-state index contributed by atoms with van der Waals surface area (Å²) in [6.45, 7) is -0.276. The average molecular weight is 391 g/mol. The number of hydrogen-bond acceptors (Lipinski definition) is 5. The molecule has 0 spiro atoms. The second-order valence-corrected chi connectivity index (χ2v) is 6.14. The fraction of sp³-hybridized carbons (Fsp3) is 0.188. The molecule has 2 heterocycles. The molecule has 1 aromatic carbocycles. The molecule has 124 valence electrons. The van der Waals surface area contributed by atoms with E-state index in [0.717, 1.165) is 20.6 Å². The van der Waals surface area contributed by atoms with E-state index >= 15 is 0 Å². The summed E-state index contributed by atoms with van der Waals surface area (Å²) < 4.78 is 2.57. The number of aliphatic hydroxyl groups excluding tert-OH is 1. The fourth-order valence-electron chi connectivity index (χ4n) is 2.46. The Kier molecular flexibility index (Phi) is 4.50. The highest BCUT2D eigenvalue weighted by Gasteiger charge is 2.30. The highest BCUT2D eigenvalue weighted by molar-refractivity contribution is 9.10. The Bertz CT molecular complexity index is 844. The van der Waals surface area contributed by atoms with Gasteiger partial charge in [0.1, 0.15) is 11.4 Å². The first kappa shape index (κ1) is 16.4. The molecule has 0 radical (unpaired) electrons. The molecule has 0 bridgehead atoms. The molecule has 2 aromatic rings. The smallest absolute Gasteiger partial charge is 0.277 e. The summed E-state index contributed by atoms with van der Waals surface area (Å²) in [6.07, 6.45) is 3.09. The molecule has 0 unspecified atom stereocenters. The number of carbonyl (C=O) groups excluding carboxylic acids is 2. The Morgan fingerprint density at radius 1 is 1.33 bits per heavy atom. The minimum atomic E-state index is -0.446. The molecule has 8 heteroatoms. The van der Waals surface area contributed by atoms with Crippen LogP contribution < -0.4 is 5.32 Å². The highest BCUT2D eigenvalue weighted by atomic mass is 79.9. The molecule has 2 N–H and O–H groups in total. The third kappa shape index (κ3) is 3.10. The van der Waals surface area contributed by atoms with Gasteiger partial charge in [-0.05, 0) is 28.1 Å². The molecular weight excluding hydrogens is 376 g/mol. The zero-order valence-electron chi connectivity index (χ0n) is 12.9. The summed E-state index contributed by atoms with van der Waals surface area (Å²) in [7, 11) is 1.83. The van der Waals surface area contributed by atoms with Crippen LogP contribution in [0.5, 0.6) is 0 Å². The Labute approximate surface area is 146 Å². The molecule has 0 atom stereocenters. The minimum Gasteiger partial charge on any atom is -0.395 e. The first-order valence-electron chi connectivity index (χ1n) is 7.24. The predicted molar refractivity (Wildman–Crippen MR) is 91.9 cm³/mol. The van der Waals surface area contributed by atoms with Gasteiger partial charge in [-0.15, -0.1) is 0 Å². The molecule has 1 aliphatic heterocycles. The molecule has 0 fully saturated rings. The summed E-state index contributed by atoms with van der Waals surface area (Å²) in [5.41, 5.74) is 2.51. The lowest BCUT2D eigenvalue weighted by atomic mass is 10.1. The SMILES string of the molecule is Cn1cc(Br)c(-c2cccc(NC3=CC(=O)N(CCO)C3=O)c2)n1. The maximum atomic E-state index is 12.2. The summed E-state index contributed by atoms with van der Waals surface area (Å²) in [4.78, 5) is 24.9. The van der Waals surface area contributed by atoms with Crippen LogP contribution in [-0.2, 0) is 16.6 Å². The van der Waals surface area contributed by atoms with Gasteiger partial charge in [-0.3, -0.25) is 19.2 Å². The number of amides is 2. The van der Waals surface area contributed by atoms with Crippen molar-refractivity contribution >= 4 is 33.4 Å². The van der Waals surface area contributed by atoms with Gasteiger partial charge in [0.15, 0.2) is 0 Å². The van der Waals surface area contributed by atoms with Crippen molar-refractivity contribution in [3.8, 4) is 11.3 Å². The lowest BCUT2D eigenvalue weighted by molar-refractivity contribution is -0.137. The molecule has 1 aromatic heterocycles. The fourth-order valence-corrected chi connectivity index (χ4v) is 3.07. The topological polar surface area (TPSA) is 87.5 Å². The number of hydrogen-bond donors (Lipinski definition) is 2. The third-order valence-electron chi connectivity index (χ3n) is 3.53. The van der Waals surface area contributed by atoms with Crippen molar-refractivity contribution in [1.29, 1.82) is 0 Å². The van der Waals surface area contributed by atoms with E-state index in [9.17, 15) is 9.59 Å². The first-order valence-corrected chi connectivity index (χ1v) is 8.04. The Morgan fingerprint density at radius 3 is 2.79 bits per heavy atom. The van der Waals surface area contributed by atoms with Crippen molar-refractivity contribution in [2.75, 3.05) is 18.5 Å². The molecule has 1 aliphatic rings. The van der Waals surface area contributed by atoms with Crippen LogP contribution in [0.2, 0.25) is 0 Å². The molecule has 3 rings (SSSR count). The van der Waals surface area contributed by atoms with Gasteiger partial charge < -0.3 is 10.4 Å². The summed E-state index contributed by atoms with van der Waals surface area (Å²) >= 11 is 3.46. The second kappa shape index (κ2) is 6.58. The van der Waals surface area contributed by atoms with Crippen LogP contribution in [0, 0.1) is 0 Å². The molecule has 0 aliphatic carbocycles. The molecule has 0 saturated carbocycles. The number of aryl methyl sites for hydroxylation is 1. The van der Waals surface area contributed by atoms with Crippen molar-refractivity contribution in [2.24, 2.45) is 7.05 Å². The van der Waals surface area contributed by atoms with Crippen LogP contribution in [0.25, 0.3) is 11.3 Å². The molecule has 2 amide bonds. The molecule has 24 heavy (non-hydrogen) atoms. The maximum Gasteiger partial charge on any atom is 0.277 e. The molecule has 7 nitrogen and oxygen atoms in total. The monoisotopic (exact) mass is 390 g/mol. The Morgan fingerprint density at radius 2 is 2.12 bits per heavy atom. The largest absolute Gasteiger partial charge is 0.395 e. The quantitative estimate of drug-likeness (QED) is 0.755. The van der Waals surface area contributed by atoms with Crippen LogP contribution in [0.15, 0.2) is 46.7 Å². The first-order chi connectivity index (χ1) is 11.5.